The van der Waals surface area contributed by atoms with Gasteiger partial charge in [0.2, 0.25) is 10.0 Å². The van der Waals surface area contributed by atoms with Crippen molar-refractivity contribution in [3.63, 3.8) is 0 Å². The Kier molecular flexibility index (Phi) is 5.88. The zero-order valence-electron chi connectivity index (χ0n) is 14.6. The summed E-state index contributed by atoms with van der Waals surface area (Å²) in [7, 11) is -3.24. The van der Waals surface area contributed by atoms with Gasteiger partial charge in [-0.15, -0.1) is 11.8 Å². The zero-order chi connectivity index (χ0) is 18.6. The lowest BCUT2D eigenvalue weighted by atomic mass is 10.2. The van der Waals surface area contributed by atoms with Gasteiger partial charge >= 0.3 is 0 Å². The minimum atomic E-state index is -3.24. The van der Waals surface area contributed by atoms with Gasteiger partial charge in [-0.3, -0.25) is 9.10 Å². The Labute approximate surface area is 158 Å². The molecule has 0 radical (unpaired) electrons. The van der Waals surface area contributed by atoms with Gasteiger partial charge in [-0.25, -0.2) is 8.42 Å². The summed E-state index contributed by atoms with van der Waals surface area (Å²) >= 11 is 1.67. The Morgan fingerprint density at radius 2 is 1.85 bits per heavy atom. The number of para-hydroxylation sites is 1. The van der Waals surface area contributed by atoms with E-state index >= 15 is 0 Å². The summed E-state index contributed by atoms with van der Waals surface area (Å²) in [6, 6.07) is 14.4. The average Bonchev–Trinajstić information content (AvgIpc) is 2.63. The van der Waals surface area contributed by atoms with Crippen LogP contribution in [0.2, 0.25) is 0 Å². The predicted octanol–water partition coefficient (Wildman–Crippen LogP) is 3.98. The van der Waals surface area contributed by atoms with Crippen molar-refractivity contribution in [2.75, 3.05) is 27.7 Å². The topological polar surface area (TPSA) is 66.5 Å². The molecule has 7 heteroatoms. The monoisotopic (exact) mass is 390 g/mol. The Morgan fingerprint density at radius 3 is 2.54 bits per heavy atom. The minimum Gasteiger partial charge on any atom is -0.321 e. The molecule has 0 aromatic heterocycles. The summed E-state index contributed by atoms with van der Waals surface area (Å²) in [6.45, 7) is 2.56. The molecule has 1 aliphatic heterocycles. The summed E-state index contributed by atoms with van der Waals surface area (Å²) < 4.78 is 25.8. The molecule has 26 heavy (non-hydrogen) atoms. The molecule has 0 unspecified atom stereocenters. The van der Waals surface area contributed by atoms with Crippen molar-refractivity contribution in [3.05, 3.63) is 54.1 Å². The van der Waals surface area contributed by atoms with Crippen molar-refractivity contribution in [1.82, 2.24) is 0 Å². The lowest BCUT2D eigenvalue weighted by Crippen LogP contribution is -2.37. The predicted molar refractivity (Wildman–Crippen MR) is 108 cm³/mol. The molecule has 1 aliphatic rings. The van der Waals surface area contributed by atoms with E-state index in [0.717, 1.165) is 22.8 Å². The average molecular weight is 391 g/mol. The molecule has 2 aromatic rings. The number of sulfonamides is 1. The summed E-state index contributed by atoms with van der Waals surface area (Å²) in [5.41, 5.74) is 1.90. The standard InChI is InChI=1S/C19H22N2O3S2/c1-2-25-18-8-4-3-7-17(18)20-19(22)15-9-11-16(12-10-15)21-13-5-6-14-26(21,23)24/h3-4,7-12H,2,5-6,13-14H2,1H3,(H,20,22). The van der Waals surface area contributed by atoms with E-state index in [-0.39, 0.29) is 11.7 Å². The van der Waals surface area contributed by atoms with Crippen molar-refractivity contribution in [3.8, 4) is 0 Å². The molecular weight excluding hydrogens is 368 g/mol. The SMILES string of the molecule is CCSc1ccccc1NC(=O)c1ccc(N2CCCCS2(=O)=O)cc1. The molecule has 1 amide bonds. The molecule has 0 spiro atoms. The molecule has 0 aliphatic carbocycles. The fourth-order valence-electron chi connectivity index (χ4n) is 2.90. The summed E-state index contributed by atoms with van der Waals surface area (Å²) in [6.07, 6.45) is 1.56. The van der Waals surface area contributed by atoms with E-state index in [1.165, 1.54) is 4.31 Å². The second-order valence-electron chi connectivity index (χ2n) is 6.03. The molecule has 1 fully saturated rings. The van der Waals surface area contributed by atoms with E-state index in [1.807, 2.05) is 24.3 Å². The Morgan fingerprint density at radius 1 is 1.12 bits per heavy atom. The molecule has 0 bridgehead atoms. The quantitative estimate of drug-likeness (QED) is 0.784. The van der Waals surface area contributed by atoms with Crippen LogP contribution in [0.5, 0.6) is 0 Å². The van der Waals surface area contributed by atoms with Crippen molar-refractivity contribution >= 4 is 39.1 Å². The summed E-state index contributed by atoms with van der Waals surface area (Å²) in [4.78, 5) is 13.6. The Balaban J connectivity index is 1.75. The molecule has 1 saturated heterocycles. The van der Waals surface area contributed by atoms with Crippen molar-refractivity contribution in [2.24, 2.45) is 0 Å². The van der Waals surface area contributed by atoms with Crippen molar-refractivity contribution < 1.29 is 13.2 Å². The van der Waals surface area contributed by atoms with Gasteiger partial charge in [0.25, 0.3) is 5.91 Å². The van der Waals surface area contributed by atoms with Crippen LogP contribution < -0.4 is 9.62 Å². The fourth-order valence-corrected chi connectivity index (χ4v) is 5.30. The molecule has 0 atom stereocenters. The highest BCUT2D eigenvalue weighted by atomic mass is 32.2. The van der Waals surface area contributed by atoms with Crippen molar-refractivity contribution in [1.29, 1.82) is 0 Å². The van der Waals surface area contributed by atoms with Crippen LogP contribution in [0.3, 0.4) is 0 Å². The lowest BCUT2D eigenvalue weighted by Gasteiger charge is -2.28. The van der Waals surface area contributed by atoms with Gasteiger partial charge in [0.05, 0.1) is 17.1 Å². The van der Waals surface area contributed by atoms with Crippen LogP contribution in [0.1, 0.15) is 30.1 Å². The maximum atomic E-state index is 12.5. The second-order valence-corrected chi connectivity index (χ2v) is 9.34. The number of anilines is 2. The third kappa shape index (κ3) is 4.22. The van der Waals surface area contributed by atoms with Crippen LogP contribution in [0.4, 0.5) is 11.4 Å². The van der Waals surface area contributed by atoms with Gasteiger partial charge in [-0.05, 0) is 55.0 Å². The van der Waals surface area contributed by atoms with Crippen LogP contribution >= 0.6 is 11.8 Å². The number of benzene rings is 2. The number of amides is 1. The fraction of sp³-hybridized carbons (Fsp3) is 0.316. The molecule has 0 saturated carbocycles. The van der Waals surface area contributed by atoms with Gasteiger partial charge in [-0.1, -0.05) is 19.1 Å². The van der Waals surface area contributed by atoms with Gasteiger partial charge in [0.15, 0.2) is 0 Å². The van der Waals surface area contributed by atoms with Crippen LogP contribution in [-0.4, -0.2) is 32.4 Å². The first-order valence-electron chi connectivity index (χ1n) is 8.65. The summed E-state index contributed by atoms with van der Waals surface area (Å²) in [5, 5.41) is 2.94. The number of carbonyl (C=O) groups is 1. The van der Waals surface area contributed by atoms with Crippen LogP contribution in [0, 0.1) is 0 Å². The maximum absolute atomic E-state index is 12.5. The molecule has 2 aromatic carbocycles. The van der Waals surface area contributed by atoms with E-state index in [0.29, 0.717) is 24.2 Å². The van der Waals surface area contributed by atoms with E-state index in [1.54, 1.807) is 36.0 Å². The minimum absolute atomic E-state index is 0.182. The molecule has 138 valence electrons. The number of hydrogen-bond donors (Lipinski definition) is 1. The highest BCUT2D eigenvalue weighted by Crippen LogP contribution is 2.28. The molecule has 1 heterocycles. The first-order chi connectivity index (χ1) is 12.5. The Bertz CT molecular complexity index is 880. The van der Waals surface area contributed by atoms with Crippen LogP contribution in [0.15, 0.2) is 53.4 Å². The Hall–Kier alpha value is -1.99. The number of nitrogens with zero attached hydrogens (tertiary/aromatic N) is 1. The van der Waals surface area contributed by atoms with Gasteiger partial charge < -0.3 is 5.32 Å². The second kappa shape index (κ2) is 8.14. The molecule has 1 N–H and O–H groups in total. The van der Waals surface area contributed by atoms with Gasteiger partial charge in [0, 0.05) is 17.0 Å². The zero-order valence-corrected chi connectivity index (χ0v) is 16.3. The molecule has 5 nitrogen and oxygen atoms in total. The van der Waals surface area contributed by atoms with E-state index in [9.17, 15) is 13.2 Å². The third-order valence-electron chi connectivity index (χ3n) is 4.20. The smallest absolute Gasteiger partial charge is 0.255 e. The number of rotatable bonds is 5. The summed E-state index contributed by atoms with van der Waals surface area (Å²) in [5.74, 6) is 0.898. The highest BCUT2D eigenvalue weighted by Gasteiger charge is 2.26. The lowest BCUT2D eigenvalue weighted by molar-refractivity contribution is 0.102. The highest BCUT2D eigenvalue weighted by molar-refractivity contribution is 7.99. The number of nitrogens with one attached hydrogen (secondary N) is 1. The van der Waals surface area contributed by atoms with Gasteiger partial charge in [-0.2, -0.15) is 0 Å². The van der Waals surface area contributed by atoms with E-state index in [2.05, 4.69) is 12.2 Å². The van der Waals surface area contributed by atoms with Crippen molar-refractivity contribution in [2.45, 2.75) is 24.7 Å². The molecule has 3 rings (SSSR count). The third-order valence-corrected chi connectivity index (χ3v) is 7.03. The van der Waals surface area contributed by atoms with E-state index < -0.39 is 10.0 Å². The maximum Gasteiger partial charge on any atom is 0.255 e. The first kappa shape index (κ1) is 18.8. The molecular formula is C19H22N2O3S2. The van der Waals surface area contributed by atoms with Crippen LogP contribution in [-0.2, 0) is 10.0 Å². The first-order valence-corrected chi connectivity index (χ1v) is 11.2. The number of hydrogen-bond acceptors (Lipinski definition) is 4. The number of thioether (sulfide) groups is 1. The largest absolute Gasteiger partial charge is 0.321 e. The van der Waals surface area contributed by atoms with Crippen LogP contribution in [0.25, 0.3) is 0 Å². The normalized spacial score (nSPS) is 16.3. The number of carbonyl (C=O) groups excluding carboxylic acids is 1. The van der Waals surface area contributed by atoms with E-state index in [4.69, 9.17) is 0 Å². The van der Waals surface area contributed by atoms with Gasteiger partial charge in [0.1, 0.15) is 0 Å².